The van der Waals surface area contributed by atoms with Crippen LogP contribution in [0.25, 0.3) is 10.1 Å². The molecule has 0 aliphatic heterocycles. The summed E-state index contributed by atoms with van der Waals surface area (Å²) in [6.07, 6.45) is 0.407. The van der Waals surface area contributed by atoms with Crippen LogP contribution in [-0.4, -0.2) is 11.7 Å². The minimum atomic E-state index is -0.139. The van der Waals surface area contributed by atoms with Gasteiger partial charge in [0.1, 0.15) is 0 Å². The van der Waals surface area contributed by atoms with E-state index in [0.29, 0.717) is 5.56 Å². The molecule has 116 valence electrons. The molecule has 0 saturated carbocycles. The predicted octanol–water partition coefficient (Wildman–Crippen LogP) is 4.81. The third kappa shape index (κ3) is 3.85. The van der Waals surface area contributed by atoms with Crippen LogP contribution < -0.4 is 5.32 Å². The summed E-state index contributed by atoms with van der Waals surface area (Å²) in [5, 5.41) is 5.99. The van der Waals surface area contributed by atoms with Gasteiger partial charge in [0, 0.05) is 28.8 Å². The maximum atomic E-state index is 12.1. The van der Waals surface area contributed by atoms with Gasteiger partial charge in [0.25, 0.3) is 0 Å². The molecule has 0 aliphatic carbocycles. The van der Waals surface area contributed by atoms with Crippen LogP contribution in [0.15, 0.2) is 53.9 Å². The Hall–Kier alpha value is -2.46. The van der Waals surface area contributed by atoms with Crippen LogP contribution in [-0.2, 0) is 4.79 Å². The molecule has 3 aromatic rings. The number of rotatable bonds is 5. The first-order valence-corrected chi connectivity index (χ1v) is 8.37. The highest BCUT2D eigenvalue weighted by atomic mass is 32.1. The molecular weight excluding hydrogens is 306 g/mol. The summed E-state index contributed by atoms with van der Waals surface area (Å²) >= 11 is 1.67. The van der Waals surface area contributed by atoms with E-state index >= 15 is 0 Å². The fraction of sp³-hybridized carbons (Fsp3) is 0.158. The Morgan fingerprint density at radius 1 is 1.00 bits per heavy atom. The number of benzene rings is 2. The Kier molecular flexibility index (Phi) is 4.53. The Balaban J connectivity index is 1.56. The number of Topliss-reactive ketones (excluding diaryl/α,β-unsaturated/α-hetero) is 1. The highest BCUT2D eigenvalue weighted by Gasteiger charge is 2.10. The van der Waals surface area contributed by atoms with Crippen LogP contribution in [0, 0.1) is 6.92 Å². The molecule has 1 N–H and O–H groups in total. The van der Waals surface area contributed by atoms with Crippen molar-refractivity contribution in [3.05, 3.63) is 65.0 Å². The minimum absolute atomic E-state index is 0.00608. The number of carbonyl (C=O) groups is 2. The van der Waals surface area contributed by atoms with Crippen LogP contribution >= 0.6 is 11.3 Å². The first kappa shape index (κ1) is 15.4. The number of anilines is 1. The zero-order valence-electron chi connectivity index (χ0n) is 12.8. The number of thiophene rings is 1. The van der Waals surface area contributed by atoms with Gasteiger partial charge in [-0.25, -0.2) is 0 Å². The Morgan fingerprint density at radius 3 is 2.57 bits per heavy atom. The van der Waals surface area contributed by atoms with Crippen molar-refractivity contribution in [1.82, 2.24) is 0 Å². The molecule has 1 amide bonds. The van der Waals surface area contributed by atoms with Gasteiger partial charge in [0.2, 0.25) is 5.91 Å². The number of ketones is 1. The highest BCUT2D eigenvalue weighted by molar-refractivity contribution is 7.17. The van der Waals surface area contributed by atoms with Crippen molar-refractivity contribution >= 4 is 38.8 Å². The lowest BCUT2D eigenvalue weighted by Crippen LogP contribution is -2.13. The zero-order valence-corrected chi connectivity index (χ0v) is 13.7. The van der Waals surface area contributed by atoms with Gasteiger partial charge < -0.3 is 5.32 Å². The third-order valence-corrected chi connectivity index (χ3v) is 4.59. The lowest BCUT2D eigenvalue weighted by atomic mass is 10.0. The molecule has 0 unspecified atom stereocenters. The molecular formula is C19H17NO2S. The first-order valence-electron chi connectivity index (χ1n) is 7.49. The second-order valence-electron chi connectivity index (χ2n) is 5.51. The number of hydrogen-bond acceptors (Lipinski definition) is 3. The monoisotopic (exact) mass is 323 g/mol. The minimum Gasteiger partial charge on any atom is -0.326 e. The molecule has 23 heavy (non-hydrogen) atoms. The van der Waals surface area contributed by atoms with E-state index in [1.165, 1.54) is 4.70 Å². The number of hydrogen-bond donors (Lipinski definition) is 1. The van der Waals surface area contributed by atoms with E-state index in [-0.39, 0.29) is 24.5 Å². The fourth-order valence-corrected chi connectivity index (χ4v) is 3.15. The molecule has 0 bridgehead atoms. The number of nitrogens with one attached hydrogen (secondary N) is 1. The Morgan fingerprint density at radius 2 is 1.78 bits per heavy atom. The number of aryl methyl sites for hydroxylation is 1. The molecule has 3 nitrogen and oxygen atoms in total. The maximum Gasteiger partial charge on any atom is 0.224 e. The lowest BCUT2D eigenvalue weighted by molar-refractivity contribution is -0.116. The van der Waals surface area contributed by atoms with Gasteiger partial charge in [0.15, 0.2) is 5.78 Å². The number of amides is 1. The van der Waals surface area contributed by atoms with Crippen molar-refractivity contribution in [2.75, 3.05) is 5.32 Å². The predicted molar refractivity (Wildman–Crippen MR) is 95.2 cm³/mol. The molecule has 0 aliphatic rings. The molecule has 1 aromatic heterocycles. The van der Waals surface area contributed by atoms with Crippen molar-refractivity contribution in [2.45, 2.75) is 19.8 Å². The summed E-state index contributed by atoms with van der Waals surface area (Å²) in [6, 6.07) is 15.3. The quantitative estimate of drug-likeness (QED) is 0.685. The van der Waals surface area contributed by atoms with E-state index in [1.54, 1.807) is 23.5 Å². The molecule has 0 fully saturated rings. The van der Waals surface area contributed by atoms with Gasteiger partial charge in [-0.1, -0.05) is 29.8 Å². The van der Waals surface area contributed by atoms with Crippen LogP contribution in [0.2, 0.25) is 0 Å². The van der Waals surface area contributed by atoms with Crippen molar-refractivity contribution in [1.29, 1.82) is 0 Å². The maximum absolute atomic E-state index is 12.1. The van der Waals surface area contributed by atoms with E-state index in [9.17, 15) is 9.59 Å². The van der Waals surface area contributed by atoms with Crippen LogP contribution in [0.4, 0.5) is 5.69 Å². The molecule has 0 radical (unpaired) electrons. The largest absolute Gasteiger partial charge is 0.326 e. The topological polar surface area (TPSA) is 46.2 Å². The summed E-state index contributed by atoms with van der Waals surface area (Å²) in [5.41, 5.74) is 2.54. The smallest absolute Gasteiger partial charge is 0.224 e. The van der Waals surface area contributed by atoms with Gasteiger partial charge in [-0.05, 0) is 42.0 Å². The van der Waals surface area contributed by atoms with Crippen LogP contribution in [0.3, 0.4) is 0 Å². The third-order valence-electron chi connectivity index (χ3n) is 3.69. The Labute approximate surface area is 139 Å². The van der Waals surface area contributed by atoms with Crippen LogP contribution in [0.1, 0.15) is 28.8 Å². The molecule has 0 spiro atoms. The van der Waals surface area contributed by atoms with E-state index < -0.39 is 0 Å². The SMILES string of the molecule is Cc1ccc(C(=O)CCC(=O)Nc2ccc3sccc3c2)cc1. The standard InChI is InChI=1S/C19H17NO2S/c1-13-2-4-14(5-3-13)17(21)7-9-19(22)20-16-6-8-18-15(12-16)10-11-23-18/h2-6,8,10-12H,7,9H2,1H3,(H,20,22). The summed E-state index contributed by atoms with van der Waals surface area (Å²) in [6.45, 7) is 1.98. The van der Waals surface area contributed by atoms with Crippen molar-refractivity contribution in [3.63, 3.8) is 0 Å². The fourth-order valence-electron chi connectivity index (χ4n) is 2.38. The average molecular weight is 323 g/mol. The van der Waals surface area contributed by atoms with Gasteiger partial charge in [-0.2, -0.15) is 0 Å². The molecule has 0 atom stereocenters. The summed E-state index contributed by atoms with van der Waals surface area (Å²) in [7, 11) is 0. The van der Waals surface area contributed by atoms with E-state index in [4.69, 9.17) is 0 Å². The van der Waals surface area contributed by atoms with Gasteiger partial charge in [0.05, 0.1) is 0 Å². The van der Waals surface area contributed by atoms with E-state index in [1.807, 2.05) is 48.7 Å². The van der Waals surface area contributed by atoms with Gasteiger partial charge in [-0.15, -0.1) is 11.3 Å². The zero-order chi connectivity index (χ0) is 16.2. The molecule has 3 rings (SSSR count). The van der Waals surface area contributed by atoms with E-state index in [0.717, 1.165) is 16.6 Å². The van der Waals surface area contributed by atoms with Crippen molar-refractivity contribution in [3.8, 4) is 0 Å². The molecule has 1 heterocycles. The molecule has 0 saturated heterocycles. The Bertz CT molecular complexity index is 849. The highest BCUT2D eigenvalue weighted by Crippen LogP contribution is 2.24. The summed E-state index contributed by atoms with van der Waals surface area (Å²) < 4.78 is 1.19. The van der Waals surface area contributed by atoms with Gasteiger partial charge in [-0.3, -0.25) is 9.59 Å². The molecule has 4 heteroatoms. The van der Waals surface area contributed by atoms with E-state index in [2.05, 4.69) is 5.32 Å². The van der Waals surface area contributed by atoms with Crippen LogP contribution in [0.5, 0.6) is 0 Å². The second kappa shape index (κ2) is 6.75. The number of fused-ring (bicyclic) bond motifs is 1. The summed E-state index contributed by atoms with van der Waals surface area (Å²) in [5.74, 6) is -0.145. The first-order chi connectivity index (χ1) is 11.1. The summed E-state index contributed by atoms with van der Waals surface area (Å²) in [4.78, 5) is 24.1. The number of carbonyl (C=O) groups excluding carboxylic acids is 2. The lowest BCUT2D eigenvalue weighted by Gasteiger charge is -2.05. The normalized spacial score (nSPS) is 10.7. The van der Waals surface area contributed by atoms with Crippen molar-refractivity contribution < 1.29 is 9.59 Å². The molecule has 2 aromatic carbocycles. The van der Waals surface area contributed by atoms with Gasteiger partial charge >= 0.3 is 0 Å². The average Bonchev–Trinajstić information content (AvgIpc) is 3.01. The second-order valence-corrected chi connectivity index (χ2v) is 6.46. The van der Waals surface area contributed by atoms with Crippen molar-refractivity contribution in [2.24, 2.45) is 0 Å².